The summed E-state index contributed by atoms with van der Waals surface area (Å²) < 4.78 is 38.2. The molecule has 3 N–H and O–H groups in total. The van der Waals surface area contributed by atoms with E-state index in [0.717, 1.165) is 27.8 Å². The molecule has 2 unspecified atom stereocenters. The number of aliphatic carboxylic acids is 1. The number of hydrogen-bond acceptors (Lipinski definition) is 5. The van der Waals surface area contributed by atoms with Crippen molar-refractivity contribution in [3.8, 4) is 6.07 Å². The number of nitriles is 1. The van der Waals surface area contributed by atoms with Crippen molar-refractivity contribution >= 4 is 16.7 Å². The maximum Gasteiger partial charge on any atom is 0.304 e. The van der Waals surface area contributed by atoms with Crippen molar-refractivity contribution < 1.29 is 23.4 Å². The van der Waals surface area contributed by atoms with Crippen LogP contribution in [0.5, 0.6) is 0 Å². The van der Waals surface area contributed by atoms with Crippen molar-refractivity contribution in [2.45, 2.75) is 51.0 Å². The second kappa shape index (κ2) is 10.6. The van der Waals surface area contributed by atoms with E-state index in [9.17, 15) is 28.7 Å². The van der Waals surface area contributed by atoms with Crippen LogP contribution in [-0.4, -0.2) is 31.0 Å². The molecule has 0 radical (unpaired) electrons. The largest absolute Gasteiger partial charge is 0.481 e. The van der Waals surface area contributed by atoms with E-state index in [4.69, 9.17) is 0 Å². The molecule has 0 saturated heterocycles. The highest BCUT2D eigenvalue weighted by atomic mass is 32.3. The van der Waals surface area contributed by atoms with Crippen molar-refractivity contribution in [1.82, 2.24) is 4.31 Å². The maximum atomic E-state index is 13.9. The summed E-state index contributed by atoms with van der Waals surface area (Å²) in [6.45, 7) is 6.47. The van der Waals surface area contributed by atoms with Gasteiger partial charge < -0.3 is 5.11 Å². The van der Waals surface area contributed by atoms with Crippen LogP contribution >= 0.6 is 10.8 Å². The van der Waals surface area contributed by atoms with Gasteiger partial charge in [-0.05, 0) is 89.9 Å². The molecule has 0 spiro atoms. The Labute approximate surface area is 218 Å². The molecule has 2 atom stereocenters. The van der Waals surface area contributed by atoms with Gasteiger partial charge in [0.1, 0.15) is 5.82 Å². The van der Waals surface area contributed by atoms with Gasteiger partial charge in [-0.15, -0.1) is 10.8 Å². The molecule has 4 rings (SSSR count). The summed E-state index contributed by atoms with van der Waals surface area (Å²) in [6, 6.07) is 17.2. The zero-order valence-electron chi connectivity index (χ0n) is 21.1. The van der Waals surface area contributed by atoms with E-state index in [1.807, 2.05) is 45.0 Å². The summed E-state index contributed by atoms with van der Waals surface area (Å²) in [5, 5.41) is 18.9. The van der Waals surface area contributed by atoms with Crippen LogP contribution in [-0.2, 0) is 17.8 Å². The quantitative estimate of drug-likeness (QED) is 0.335. The van der Waals surface area contributed by atoms with Gasteiger partial charge in [0.25, 0.3) is 0 Å². The average molecular weight is 523 g/mol. The van der Waals surface area contributed by atoms with Gasteiger partial charge in [0.15, 0.2) is 0 Å². The lowest BCUT2D eigenvalue weighted by molar-refractivity contribution is -0.137. The molecule has 6 nitrogen and oxygen atoms in total. The maximum absolute atomic E-state index is 13.9. The molecule has 3 aromatic carbocycles. The summed E-state index contributed by atoms with van der Waals surface area (Å²) in [4.78, 5) is 12.2. The minimum absolute atomic E-state index is 0.0683. The first kappa shape index (κ1) is 26.8. The van der Waals surface area contributed by atoms with E-state index in [-0.39, 0.29) is 18.9 Å². The van der Waals surface area contributed by atoms with Crippen LogP contribution in [0.25, 0.3) is 0 Å². The van der Waals surface area contributed by atoms with Gasteiger partial charge in [0.05, 0.1) is 22.9 Å². The van der Waals surface area contributed by atoms with Gasteiger partial charge in [-0.1, -0.05) is 31.2 Å². The van der Waals surface area contributed by atoms with E-state index in [0.29, 0.717) is 29.0 Å². The van der Waals surface area contributed by atoms with Crippen molar-refractivity contribution in [1.29, 1.82) is 5.26 Å². The summed E-state index contributed by atoms with van der Waals surface area (Å²) in [5.41, 5.74) is 5.40. The monoisotopic (exact) mass is 522 g/mol. The third-order valence-corrected chi connectivity index (χ3v) is 9.02. The molecule has 8 heteroatoms. The summed E-state index contributed by atoms with van der Waals surface area (Å²) >= 11 is 0. The Balaban J connectivity index is 1.73. The summed E-state index contributed by atoms with van der Waals surface area (Å²) in [6.07, 6.45) is 0.418. The smallest absolute Gasteiger partial charge is 0.304 e. The first-order chi connectivity index (χ1) is 17.5. The fourth-order valence-electron chi connectivity index (χ4n) is 5.15. The second-order valence-corrected chi connectivity index (χ2v) is 11.9. The summed E-state index contributed by atoms with van der Waals surface area (Å²) in [7, 11) is -3.36. The first-order valence-electron chi connectivity index (χ1n) is 12.1. The molecule has 0 fully saturated rings. The van der Waals surface area contributed by atoms with E-state index in [1.165, 1.54) is 18.2 Å². The van der Waals surface area contributed by atoms with Crippen LogP contribution in [0.15, 0.2) is 59.5 Å². The second-order valence-electron chi connectivity index (χ2n) is 9.92. The molecule has 0 amide bonds. The van der Waals surface area contributed by atoms with Crippen LogP contribution in [0.4, 0.5) is 4.39 Å². The third kappa shape index (κ3) is 5.71. The summed E-state index contributed by atoms with van der Waals surface area (Å²) in [5.74, 6) is -1.70. The van der Waals surface area contributed by atoms with Gasteiger partial charge in [0, 0.05) is 19.0 Å². The molecule has 0 aromatic heterocycles. The van der Waals surface area contributed by atoms with E-state index in [2.05, 4.69) is 6.07 Å². The molecule has 0 saturated carbocycles. The number of rotatable bonds is 6. The fraction of sp³-hybridized carbons (Fsp3) is 0.310. The lowest BCUT2D eigenvalue weighted by atomic mass is 9.84. The zero-order valence-corrected chi connectivity index (χ0v) is 21.9. The third-order valence-electron chi connectivity index (χ3n) is 7.04. The minimum Gasteiger partial charge on any atom is -0.481 e. The minimum atomic E-state index is -3.36. The van der Waals surface area contributed by atoms with Crippen LogP contribution in [0, 0.1) is 36.9 Å². The van der Waals surface area contributed by atoms with Crippen LogP contribution < -0.4 is 0 Å². The Bertz CT molecular complexity index is 1380. The van der Waals surface area contributed by atoms with Gasteiger partial charge in [-0.2, -0.15) is 9.57 Å². The lowest BCUT2D eigenvalue weighted by Crippen LogP contribution is -2.30. The molecule has 0 aliphatic carbocycles. The van der Waals surface area contributed by atoms with Gasteiger partial charge in [-0.3, -0.25) is 13.9 Å². The van der Waals surface area contributed by atoms with Gasteiger partial charge in [0.2, 0.25) is 0 Å². The molecule has 1 aliphatic rings. The predicted octanol–water partition coefficient (Wildman–Crippen LogP) is 6.64. The number of nitrogens with zero attached hydrogens (tertiary/aromatic N) is 2. The molecule has 1 heterocycles. The Hall–Kier alpha value is -3.22. The number of halogens is 1. The number of hydrogen-bond donors (Lipinski definition) is 3. The first-order valence-corrected chi connectivity index (χ1v) is 13.6. The number of fused-ring (bicyclic) bond motifs is 1. The number of carboxylic acid groups (broad SMARTS) is 1. The molecule has 194 valence electrons. The van der Waals surface area contributed by atoms with Crippen molar-refractivity contribution in [2.24, 2.45) is 5.92 Å². The molecular weight excluding hydrogens is 491 g/mol. The predicted molar refractivity (Wildman–Crippen MR) is 142 cm³/mol. The Morgan fingerprint density at radius 1 is 1.14 bits per heavy atom. The van der Waals surface area contributed by atoms with E-state index >= 15 is 0 Å². The SMILES string of the molecule is Cc1ccc(C(CC(=O)O)c2ccc(C#N)cc2C)cc1CN1CC(C)Cc2cc(F)ccc2S1(O)O. The average Bonchev–Trinajstić information content (AvgIpc) is 2.91. The molecular formula is C29H31FN2O4S. The van der Waals surface area contributed by atoms with Crippen LogP contribution in [0.3, 0.4) is 0 Å². The van der Waals surface area contributed by atoms with Crippen LogP contribution in [0.1, 0.15) is 58.2 Å². The van der Waals surface area contributed by atoms with Crippen molar-refractivity contribution in [2.75, 3.05) is 6.54 Å². The molecule has 1 aliphatic heterocycles. The normalized spacial score (nSPS) is 18.8. The number of benzene rings is 3. The standard InChI is InChI=1S/C29H31FN2O4S/c1-18-10-23-13-25(30)7-9-28(23)37(35,36)32(16-18)17-24-12-22(6-4-19(24)2)27(14-29(33)34)26-8-5-21(15-31)11-20(26)3/h4-9,11-13,18,27,35-36H,10,14,16-17H2,1-3H3,(H,33,34). The zero-order chi connectivity index (χ0) is 26.9. The molecule has 3 aromatic rings. The highest BCUT2D eigenvalue weighted by Gasteiger charge is 2.33. The Kier molecular flexibility index (Phi) is 7.72. The molecule has 0 bridgehead atoms. The van der Waals surface area contributed by atoms with Crippen LogP contribution in [0.2, 0.25) is 0 Å². The van der Waals surface area contributed by atoms with Gasteiger partial charge >= 0.3 is 5.97 Å². The van der Waals surface area contributed by atoms with Gasteiger partial charge in [-0.25, -0.2) is 4.39 Å². The topological polar surface area (TPSA) is 105 Å². The molecule has 37 heavy (non-hydrogen) atoms. The number of carbonyl (C=O) groups is 1. The number of carboxylic acids is 1. The number of aryl methyl sites for hydroxylation is 2. The Morgan fingerprint density at radius 2 is 1.89 bits per heavy atom. The fourth-order valence-corrected chi connectivity index (χ4v) is 6.95. The van der Waals surface area contributed by atoms with Crippen molar-refractivity contribution in [3.05, 3.63) is 99.4 Å². The van der Waals surface area contributed by atoms with E-state index in [1.54, 1.807) is 16.4 Å². The van der Waals surface area contributed by atoms with Crippen molar-refractivity contribution in [3.63, 3.8) is 0 Å². The highest BCUT2D eigenvalue weighted by Crippen LogP contribution is 2.56. The Morgan fingerprint density at radius 3 is 2.57 bits per heavy atom. The van der Waals surface area contributed by atoms with E-state index < -0.39 is 28.5 Å². The highest BCUT2D eigenvalue weighted by molar-refractivity contribution is 8.22. The lowest BCUT2D eigenvalue weighted by Gasteiger charge is -2.43.